The molecular formula is C23H19NOS. The Hall–Kier alpha value is -2.91. The first-order valence-electron chi connectivity index (χ1n) is 8.59. The zero-order chi connectivity index (χ0) is 18.1. The van der Waals surface area contributed by atoms with Crippen molar-refractivity contribution in [3.8, 4) is 21.6 Å². The quantitative estimate of drug-likeness (QED) is 0.445. The third-order valence-electron chi connectivity index (χ3n) is 4.39. The average molecular weight is 357 g/mol. The third kappa shape index (κ3) is 3.02. The Kier molecular flexibility index (Phi) is 4.31. The molecule has 0 aliphatic rings. The Bertz CT molecular complexity index is 1100. The van der Waals surface area contributed by atoms with Crippen LogP contribution in [0.3, 0.4) is 0 Å². The van der Waals surface area contributed by atoms with Crippen molar-refractivity contribution < 1.29 is 4.79 Å². The Balaban J connectivity index is 2.05. The molecule has 0 atom stereocenters. The minimum absolute atomic E-state index is 0.0607. The number of carbonyl (C=O) groups is 1. The molecule has 0 saturated carbocycles. The summed E-state index contributed by atoms with van der Waals surface area (Å²) in [5.74, 6) is -0.0607. The fourth-order valence-electron chi connectivity index (χ4n) is 3.27. The molecule has 0 radical (unpaired) electrons. The lowest BCUT2D eigenvalue weighted by Gasteiger charge is -2.12. The largest absolute Gasteiger partial charge is 0.326 e. The van der Waals surface area contributed by atoms with Crippen LogP contribution in [0.25, 0.3) is 31.7 Å². The van der Waals surface area contributed by atoms with Gasteiger partial charge in [0.2, 0.25) is 5.91 Å². The van der Waals surface area contributed by atoms with Gasteiger partial charge in [0.15, 0.2) is 0 Å². The Morgan fingerprint density at radius 2 is 1.65 bits per heavy atom. The zero-order valence-corrected chi connectivity index (χ0v) is 15.6. The van der Waals surface area contributed by atoms with Gasteiger partial charge in [-0.15, -0.1) is 11.3 Å². The molecule has 1 aromatic heterocycles. The number of benzene rings is 3. The number of fused-ring (bicyclic) bond motifs is 1. The summed E-state index contributed by atoms with van der Waals surface area (Å²) in [5.41, 5.74) is 5.51. The van der Waals surface area contributed by atoms with E-state index in [1.54, 1.807) is 18.3 Å². The van der Waals surface area contributed by atoms with Gasteiger partial charge in [-0.25, -0.2) is 0 Å². The number of hydrogen-bond acceptors (Lipinski definition) is 2. The van der Waals surface area contributed by atoms with Crippen molar-refractivity contribution in [1.29, 1.82) is 0 Å². The fourth-order valence-corrected chi connectivity index (χ4v) is 4.47. The lowest BCUT2D eigenvalue weighted by Crippen LogP contribution is -2.06. The van der Waals surface area contributed by atoms with Crippen LogP contribution in [0.2, 0.25) is 0 Å². The van der Waals surface area contributed by atoms with E-state index in [0.29, 0.717) is 0 Å². The summed E-state index contributed by atoms with van der Waals surface area (Å²) in [5, 5.41) is 4.21. The Morgan fingerprint density at radius 1 is 0.923 bits per heavy atom. The molecule has 4 rings (SSSR count). The van der Waals surface area contributed by atoms with Crippen molar-refractivity contribution in [3.05, 3.63) is 78.4 Å². The number of rotatable bonds is 3. The van der Waals surface area contributed by atoms with Crippen LogP contribution in [0.15, 0.2) is 72.8 Å². The molecule has 0 fully saturated rings. The second-order valence-corrected chi connectivity index (χ2v) is 7.45. The van der Waals surface area contributed by atoms with Gasteiger partial charge in [0.05, 0.1) is 0 Å². The highest BCUT2D eigenvalue weighted by Gasteiger charge is 2.18. The van der Waals surface area contributed by atoms with Gasteiger partial charge >= 0.3 is 0 Å². The van der Waals surface area contributed by atoms with Crippen molar-refractivity contribution in [3.63, 3.8) is 0 Å². The van der Waals surface area contributed by atoms with Gasteiger partial charge in [0, 0.05) is 38.7 Å². The van der Waals surface area contributed by atoms with Crippen LogP contribution in [-0.4, -0.2) is 5.91 Å². The second-order valence-electron chi connectivity index (χ2n) is 6.40. The summed E-state index contributed by atoms with van der Waals surface area (Å²) in [6.07, 6.45) is 0. The van der Waals surface area contributed by atoms with Crippen molar-refractivity contribution in [1.82, 2.24) is 0 Å². The first kappa shape index (κ1) is 16.6. The average Bonchev–Trinajstić information content (AvgIpc) is 3.01. The van der Waals surface area contributed by atoms with Gasteiger partial charge in [-0.2, -0.15) is 0 Å². The molecule has 3 heteroatoms. The van der Waals surface area contributed by atoms with E-state index in [0.717, 1.165) is 11.3 Å². The standard InChI is InChI=1S/C23H19NOS/c1-15-12-13-21-19(14-15)22(23(26-21)17-8-4-3-5-9-17)18-10-6-7-11-20(18)24-16(2)25/h3-14H,1-2H3,(H,24,25). The molecule has 1 amide bonds. The smallest absolute Gasteiger partial charge is 0.221 e. The molecular weight excluding hydrogens is 338 g/mol. The summed E-state index contributed by atoms with van der Waals surface area (Å²) in [4.78, 5) is 12.9. The second kappa shape index (κ2) is 6.77. The van der Waals surface area contributed by atoms with E-state index in [-0.39, 0.29) is 5.91 Å². The van der Waals surface area contributed by atoms with Gasteiger partial charge in [-0.3, -0.25) is 4.79 Å². The summed E-state index contributed by atoms with van der Waals surface area (Å²) in [7, 11) is 0. The van der Waals surface area contributed by atoms with Gasteiger partial charge < -0.3 is 5.32 Å². The Labute approximate surface area is 157 Å². The molecule has 0 aliphatic heterocycles. The molecule has 26 heavy (non-hydrogen) atoms. The molecule has 0 unspecified atom stereocenters. The molecule has 3 aromatic carbocycles. The molecule has 128 valence electrons. The molecule has 4 aromatic rings. The predicted molar refractivity (Wildman–Crippen MR) is 112 cm³/mol. The zero-order valence-electron chi connectivity index (χ0n) is 14.7. The van der Waals surface area contributed by atoms with Crippen molar-refractivity contribution in [2.24, 2.45) is 0 Å². The molecule has 0 bridgehead atoms. The van der Waals surface area contributed by atoms with Crippen LogP contribution >= 0.6 is 11.3 Å². The van der Waals surface area contributed by atoms with E-state index in [1.165, 1.54) is 31.7 Å². The fraction of sp³-hybridized carbons (Fsp3) is 0.0870. The maximum atomic E-state index is 11.7. The van der Waals surface area contributed by atoms with E-state index >= 15 is 0 Å². The minimum atomic E-state index is -0.0607. The van der Waals surface area contributed by atoms with E-state index in [1.807, 2.05) is 24.3 Å². The number of amides is 1. The number of anilines is 1. The molecule has 0 saturated heterocycles. The number of hydrogen-bond donors (Lipinski definition) is 1. The van der Waals surface area contributed by atoms with E-state index in [4.69, 9.17) is 0 Å². The number of nitrogens with one attached hydrogen (secondary N) is 1. The lowest BCUT2D eigenvalue weighted by molar-refractivity contribution is -0.114. The van der Waals surface area contributed by atoms with Crippen LogP contribution < -0.4 is 5.32 Å². The van der Waals surface area contributed by atoms with Crippen molar-refractivity contribution in [2.75, 3.05) is 5.32 Å². The number of carbonyl (C=O) groups excluding carboxylic acids is 1. The molecule has 2 nitrogen and oxygen atoms in total. The maximum absolute atomic E-state index is 11.7. The van der Waals surface area contributed by atoms with Gasteiger partial charge in [0.1, 0.15) is 0 Å². The van der Waals surface area contributed by atoms with E-state index < -0.39 is 0 Å². The van der Waals surface area contributed by atoms with Crippen LogP contribution in [0.5, 0.6) is 0 Å². The highest BCUT2D eigenvalue weighted by atomic mass is 32.1. The highest BCUT2D eigenvalue weighted by molar-refractivity contribution is 7.23. The first-order chi connectivity index (χ1) is 12.6. The molecule has 1 heterocycles. The third-order valence-corrected chi connectivity index (χ3v) is 5.61. The first-order valence-corrected chi connectivity index (χ1v) is 9.40. The van der Waals surface area contributed by atoms with Crippen LogP contribution in [0.1, 0.15) is 12.5 Å². The monoisotopic (exact) mass is 357 g/mol. The van der Waals surface area contributed by atoms with Gasteiger partial charge in [-0.1, -0.05) is 60.2 Å². The predicted octanol–water partition coefficient (Wildman–Crippen LogP) is 6.50. The molecule has 0 aliphatic carbocycles. The van der Waals surface area contributed by atoms with E-state index in [9.17, 15) is 4.79 Å². The maximum Gasteiger partial charge on any atom is 0.221 e. The van der Waals surface area contributed by atoms with Crippen molar-refractivity contribution in [2.45, 2.75) is 13.8 Å². The number of thiophene rings is 1. The van der Waals surface area contributed by atoms with Gasteiger partial charge in [-0.05, 0) is 30.7 Å². The van der Waals surface area contributed by atoms with Gasteiger partial charge in [0.25, 0.3) is 0 Å². The number of para-hydroxylation sites is 1. The number of aryl methyl sites for hydroxylation is 1. The van der Waals surface area contributed by atoms with Crippen LogP contribution in [0.4, 0.5) is 5.69 Å². The summed E-state index contributed by atoms with van der Waals surface area (Å²) < 4.78 is 1.25. The lowest BCUT2D eigenvalue weighted by atomic mass is 9.96. The highest BCUT2D eigenvalue weighted by Crippen LogP contribution is 2.46. The molecule has 0 spiro atoms. The summed E-state index contributed by atoms with van der Waals surface area (Å²) >= 11 is 1.80. The minimum Gasteiger partial charge on any atom is -0.326 e. The topological polar surface area (TPSA) is 29.1 Å². The summed E-state index contributed by atoms with van der Waals surface area (Å²) in [6.45, 7) is 3.66. The SMILES string of the molecule is CC(=O)Nc1ccccc1-c1c(-c2ccccc2)sc2ccc(C)cc12. The summed E-state index contributed by atoms with van der Waals surface area (Å²) in [6, 6.07) is 25.0. The molecule has 1 N–H and O–H groups in total. The Morgan fingerprint density at radius 3 is 2.42 bits per heavy atom. The normalized spacial score (nSPS) is 10.8. The van der Waals surface area contributed by atoms with Crippen LogP contribution in [0, 0.1) is 6.92 Å². The van der Waals surface area contributed by atoms with Crippen molar-refractivity contribution >= 4 is 33.0 Å². The van der Waals surface area contributed by atoms with Crippen LogP contribution in [-0.2, 0) is 4.79 Å². The van der Waals surface area contributed by atoms with E-state index in [2.05, 4.69) is 60.8 Å².